The van der Waals surface area contributed by atoms with Crippen molar-refractivity contribution in [1.29, 1.82) is 0 Å². The Hall–Kier alpha value is -2.41. The van der Waals surface area contributed by atoms with Crippen molar-refractivity contribution in [2.45, 2.75) is 31.9 Å². The van der Waals surface area contributed by atoms with Gasteiger partial charge in [0.25, 0.3) is 0 Å². The van der Waals surface area contributed by atoms with Gasteiger partial charge in [-0.25, -0.2) is 9.78 Å². The van der Waals surface area contributed by atoms with Crippen molar-refractivity contribution in [1.82, 2.24) is 19.9 Å². The molecule has 0 bridgehead atoms. The molecule has 2 aromatic heterocycles. The molecule has 1 aliphatic heterocycles. The normalized spacial score (nSPS) is 21.0. The van der Waals surface area contributed by atoms with Crippen LogP contribution >= 0.6 is 0 Å². The maximum atomic E-state index is 12.2. The maximum Gasteiger partial charge on any atom is 0.319 e. The molecule has 0 spiro atoms. The van der Waals surface area contributed by atoms with Crippen LogP contribution in [-0.2, 0) is 11.8 Å². The lowest BCUT2D eigenvalue weighted by Gasteiger charge is -2.30. The summed E-state index contributed by atoms with van der Waals surface area (Å²) in [5.74, 6) is 0. The smallest absolute Gasteiger partial charge is 0.319 e. The monoisotopic (exact) mass is 315 g/mol. The molecule has 0 aromatic carbocycles. The molecule has 0 radical (unpaired) electrons. The third-order valence-corrected chi connectivity index (χ3v) is 4.07. The van der Waals surface area contributed by atoms with E-state index >= 15 is 0 Å². The summed E-state index contributed by atoms with van der Waals surface area (Å²) < 4.78 is 7.76. The highest BCUT2D eigenvalue weighted by Crippen LogP contribution is 2.27. The number of carbonyl (C=O) groups is 1. The predicted molar refractivity (Wildman–Crippen MR) is 86.1 cm³/mol. The predicted octanol–water partition coefficient (Wildman–Crippen LogP) is 2.17. The number of amides is 2. The number of ether oxygens (including phenoxy) is 1. The second-order valence-corrected chi connectivity index (χ2v) is 5.80. The SMILES string of the molecule is Cc1cnccc1NC(=O)N[C@@H]1CCO[C@@H](c2cncn2C)C1. The number of aryl methyl sites for hydroxylation is 2. The summed E-state index contributed by atoms with van der Waals surface area (Å²) in [6.07, 6.45) is 8.46. The number of aromatic nitrogens is 3. The average molecular weight is 315 g/mol. The number of nitrogens with one attached hydrogen (secondary N) is 2. The summed E-state index contributed by atoms with van der Waals surface area (Å²) in [7, 11) is 1.95. The first-order valence-electron chi connectivity index (χ1n) is 7.69. The number of carbonyl (C=O) groups excluding carboxylic acids is 1. The van der Waals surface area contributed by atoms with Crippen LogP contribution in [-0.4, -0.2) is 33.2 Å². The second kappa shape index (κ2) is 6.78. The minimum atomic E-state index is -0.199. The number of rotatable bonds is 3. The van der Waals surface area contributed by atoms with E-state index in [0.29, 0.717) is 6.61 Å². The summed E-state index contributed by atoms with van der Waals surface area (Å²) in [5.41, 5.74) is 2.73. The maximum absolute atomic E-state index is 12.2. The molecule has 3 heterocycles. The van der Waals surface area contributed by atoms with Crippen LogP contribution in [0.2, 0.25) is 0 Å². The number of urea groups is 1. The molecule has 3 rings (SSSR count). The van der Waals surface area contributed by atoms with Gasteiger partial charge in [0, 0.05) is 37.8 Å². The van der Waals surface area contributed by atoms with Crippen LogP contribution < -0.4 is 10.6 Å². The molecule has 7 nitrogen and oxygen atoms in total. The minimum absolute atomic E-state index is 0.0378. The van der Waals surface area contributed by atoms with Crippen LogP contribution in [0.1, 0.15) is 30.2 Å². The van der Waals surface area contributed by atoms with Gasteiger partial charge in [-0.3, -0.25) is 4.98 Å². The van der Waals surface area contributed by atoms with Crippen LogP contribution in [0.15, 0.2) is 31.0 Å². The molecule has 1 saturated heterocycles. The Balaban J connectivity index is 1.58. The molecule has 0 aliphatic carbocycles. The Morgan fingerprint density at radius 3 is 3.00 bits per heavy atom. The zero-order valence-corrected chi connectivity index (χ0v) is 13.3. The van der Waals surface area contributed by atoms with Gasteiger partial charge in [0.1, 0.15) is 6.10 Å². The van der Waals surface area contributed by atoms with E-state index in [0.717, 1.165) is 29.8 Å². The van der Waals surface area contributed by atoms with Crippen molar-refractivity contribution >= 4 is 11.7 Å². The lowest BCUT2D eigenvalue weighted by atomic mass is 10.0. The second-order valence-electron chi connectivity index (χ2n) is 5.80. The van der Waals surface area contributed by atoms with Gasteiger partial charge < -0.3 is 19.9 Å². The number of pyridine rings is 1. The first kappa shape index (κ1) is 15.5. The molecule has 0 unspecified atom stereocenters. The van der Waals surface area contributed by atoms with Gasteiger partial charge in [-0.2, -0.15) is 0 Å². The van der Waals surface area contributed by atoms with E-state index in [2.05, 4.69) is 20.6 Å². The number of hydrogen-bond donors (Lipinski definition) is 2. The Labute approximate surface area is 135 Å². The Morgan fingerprint density at radius 1 is 1.39 bits per heavy atom. The van der Waals surface area contributed by atoms with Gasteiger partial charge in [0.05, 0.1) is 18.2 Å². The number of nitrogens with zero attached hydrogens (tertiary/aromatic N) is 3. The van der Waals surface area contributed by atoms with Crippen LogP contribution in [0, 0.1) is 6.92 Å². The van der Waals surface area contributed by atoms with Gasteiger partial charge in [0.15, 0.2) is 0 Å². The third kappa shape index (κ3) is 3.68. The fraction of sp³-hybridized carbons (Fsp3) is 0.438. The highest BCUT2D eigenvalue weighted by molar-refractivity contribution is 5.90. The van der Waals surface area contributed by atoms with E-state index in [1.807, 2.05) is 24.7 Å². The minimum Gasteiger partial charge on any atom is -0.372 e. The summed E-state index contributed by atoms with van der Waals surface area (Å²) in [6, 6.07) is 1.66. The number of hydrogen-bond acceptors (Lipinski definition) is 4. The first-order chi connectivity index (χ1) is 11.1. The summed E-state index contributed by atoms with van der Waals surface area (Å²) in [4.78, 5) is 20.3. The average Bonchev–Trinajstić information content (AvgIpc) is 2.96. The van der Waals surface area contributed by atoms with Crippen LogP contribution in [0.25, 0.3) is 0 Å². The fourth-order valence-corrected chi connectivity index (χ4v) is 2.77. The summed E-state index contributed by atoms with van der Waals surface area (Å²) in [5, 5.41) is 5.90. The molecule has 2 atom stereocenters. The van der Waals surface area contributed by atoms with Crippen molar-refractivity contribution < 1.29 is 9.53 Å². The van der Waals surface area contributed by atoms with Gasteiger partial charge in [-0.05, 0) is 31.4 Å². The molecule has 1 aliphatic rings. The van der Waals surface area contributed by atoms with Crippen molar-refractivity contribution in [3.63, 3.8) is 0 Å². The molecular formula is C16H21N5O2. The number of imidazole rings is 1. The standard InChI is InChI=1S/C16H21N5O2/c1-11-8-17-5-3-13(11)20-16(22)19-12-4-6-23-15(7-12)14-9-18-10-21(14)2/h3,5,8-10,12,15H,4,6-7H2,1-2H3,(H2,17,19,20,22)/t12-,15-/m1/s1. The zero-order valence-electron chi connectivity index (χ0n) is 13.3. The molecule has 2 amide bonds. The molecule has 122 valence electrons. The molecule has 7 heteroatoms. The largest absolute Gasteiger partial charge is 0.372 e. The molecule has 0 saturated carbocycles. The summed E-state index contributed by atoms with van der Waals surface area (Å²) in [6.45, 7) is 2.53. The van der Waals surface area contributed by atoms with Gasteiger partial charge >= 0.3 is 6.03 Å². The van der Waals surface area contributed by atoms with Crippen molar-refractivity contribution in [3.8, 4) is 0 Å². The molecule has 23 heavy (non-hydrogen) atoms. The van der Waals surface area contributed by atoms with E-state index in [1.54, 1.807) is 24.8 Å². The summed E-state index contributed by atoms with van der Waals surface area (Å²) >= 11 is 0. The van der Waals surface area contributed by atoms with Crippen molar-refractivity contribution in [3.05, 3.63) is 42.2 Å². The lowest BCUT2D eigenvalue weighted by molar-refractivity contribution is -0.00151. The van der Waals surface area contributed by atoms with Crippen molar-refractivity contribution in [2.75, 3.05) is 11.9 Å². The van der Waals surface area contributed by atoms with E-state index in [-0.39, 0.29) is 18.2 Å². The van der Waals surface area contributed by atoms with Gasteiger partial charge in [-0.1, -0.05) is 0 Å². The lowest BCUT2D eigenvalue weighted by Crippen LogP contribution is -2.42. The molecular weight excluding hydrogens is 294 g/mol. The fourth-order valence-electron chi connectivity index (χ4n) is 2.77. The van der Waals surface area contributed by atoms with E-state index in [4.69, 9.17) is 4.74 Å². The quantitative estimate of drug-likeness (QED) is 0.909. The van der Waals surface area contributed by atoms with E-state index < -0.39 is 0 Å². The van der Waals surface area contributed by atoms with Gasteiger partial charge in [-0.15, -0.1) is 0 Å². The third-order valence-electron chi connectivity index (χ3n) is 4.07. The van der Waals surface area contributed by atoms with Crippen molar-refractivity contribution in [2.24, 2.45) is 7.05 Å². The highest BCUT2D eigenvalue weighted by Gasteiger charge is 2.26. The Morgan fingerprint density at radius 2 is 2.26 bits per heavy atom. The van der Waals surface area contributed by atoms with Crippen LogP contribution in [0.4, 0.5) is 10.5 Å². The first-order valence-corrected chi connectivity index (χ1v) is 7.69. The van der Waals surface area contributed by atoms with E-state index in [9.17, 15) is 4.79 Å². The Kier molecular flexibility index (Phi) is 4.57. The molecule has 1 fully saturated rings. The van der Waals surface area contributed by atoms with E-state index in [1.165, 1.54) is 0 Å². The van der Waals surface area contributed by atoms with Gasteiger partial charge in [0.2, 0.25) is 0 Å². The topological polar surface area (TPSA) is 81.1 Å². The van der Waals surface area contributed by atoms with Crippen LogP contribution in [0.3, 0.4) is 0 Å². The molecule has 2 N–H and O–H groups in total. The zero-order chi connectivity index (χ0) is 16.2. The molecule has 2 aromatic rings. The Bertz CT molecular complexity index is 685. The van der Waals surface area contributed by atoms with Crippen LogP contribution in [0.5, 0.6) is 0 Å². The highest BCUT2D eigenvalue weighted by atomic mass is 16.5. The number of anilines is 1.